The number of aliphatic carboxylic acids is 1. The van der Waals surface area contributed by atoms with Crippen molar-refractivity contribution in [3.63, 3.8) is 0 Å². The second-order valence-corrected chi connectivity index (χ2v) is 8.32. The van der Waals surface area contributed by atoms with Gasteiger partial charge in [-0.1, -0.05) is 0 Å². The van der Waals surface area contributed by atoms with Gasteiger partial charge < -0.3 is 20.3 Å². The fourth-order valence-electron chi connectivity index (χ4n) is 2.62. The Kier molecular flexibility index (Phi) is 6.82. The Morgan fingerprint density at radius 2 is 1.59 bits per heavy atom. The van der Waals surface area contributed by atoms with Crippen molar-refractivity contribution in [2.45, 2.75) is 71.2 Å². The number of carbonyl (C=O) groups is 4. The molecule has 0 aliphatic carbocycles. The third-order valence-corrected chi connectivity index (χ3v) is 3.59. The number of imide groups is 1. The lowest BCUT2D eigenvalue weighted by atomic mass is 10.1. The fraction of sp³-hybridized carbons (Fsp3) is 0.765. The summed E-state index contributed by atoms with van der Waals surface area (Å²) in [6.45, 7) is 9.22. The first-order valence-corrected chi connectivity index (χ1v) is 8.64. The molecule has 0 spiro atoms. The largest absolute Gasteiger partial charge is 0.480 e. The molecular weight excluding hydrogens is 358 g/mol. The summed E-state index contributed by atoms with van der Waals surface area (Å²) in [5.74, 6) is -1.97. The minimum atomic E-state index is -1.26. The van der Waals surface area contributed by atoms with Crippen LogP contribution in [0.2, 0.25) is 0 Å². The third kappa shape index (κ3) is 6.38. The van der Waals surface area contributed by atoms with Gasteiger partial charge in [-0.2, -0.15) is 0 Å². The molecule has 1 fully saturated rings. The van der Waals surface area contributed by atoms with Crippen LogP contribution in [-0.2, 0) is 19.1 Å². The first-order chi connectivity index (χ1) is 12.2. The molecule has 1 aliphatic rings. The number of ether oxygens (including phenoxy) is 2. The highest BCUT2D eigenvalue weighted by atomic mass is 16.6. The third-order valence-electron chi connectivity index (χ3n) is 3.59. The van der Waals surface area contributed by atoms with Gasteiger partial charge in [-0.3, -0.25) is 9.69 Å². The molecule has 10 nitrogen and oxygen atoms in total. The number of nitrogens with zero attached hydrogens (tertiary/aromatic N) is 2. The lowest BCUT2D eigenvalue weighted by Crippen LogP contribution is -2.50. The normalized spacial score (nSPS) is 20.2. The van der Waals surface area contributed by atoms with Crippen molar-refractivity contribution in [3.05, 3.63) is 0 Å². The van der Waals surface area contributed by atoms with Crippen LogP contribution in [0, 0.1) is 0 Å². The van der Waals surface area contributed by atoms with E-state index in [9.17, 15) is 24.3 Å². The van der Waals surface area contributed by atoms with Crippen molar-refractivity contribution < 1.29 is 33.8 Å². The van der Waals surface area contributed by atoms with Crippen molar-refractivity contribution in [3.8, 4) is 0 Å². The molecule has 3 N–H and O–H groups in total. The number of hydrogen-bond donors (Lipinski definition) is 2. The minimum Gasteiger partial charge on any atom is -0.480 e. The molecule has 0 aromatic rings. The van der Waals surface area contributed by atoms with Crippen LogP contribution in [0.15, 0.2) is 0 Å². The Morgan fingerprint density at radius 3 is 2.00 bits per heavy atom. The molecule has 1 rings (SSSR count). The van der Waals surface area contributed by atoms with Gasteiger partial charge in [0.2, 0.25) is 5.91 Å². The van der Waals surface area contributed by atoms with Gasteiger partial charge >= 0.3 is 18.2 Å². The summed E-state index contributed by atoms with van der Waals surface area (Å²) in [4.78, 5) is 50.5. The number of hydrogen-bond acceptors (Lipinski definition) is 7. The van der Waals surface area contributed by atoms with E-state index in [-0.39, 0.29) is 13.0 Å². The Bertz CT molecular complexity index is 607. The molecule has 3 amide bonds. The molecule has 1 aliphatic heterocycles. The smallest absolute Gasteiger partial charge is 0.417 e. The maximum absolute atomic E-state index is 12.5. The molecule has 154 valence electrons. The molecule has 0 unspecified atom stereocenters. The quantitative estimate of drug-likeness (QED) is 0.735. The summed E-state index contributed by atoms with van der Waals surface area (Å²) in [6.07, 6.45) is -1.90. The van der Waals surface area contributed by atoms with E-state index < -0.39 is 53.9 Å². The van der Waals surface area contributed by atoms with Gasteiger partial charge in [0, 0.05) is 13.0 Å². The Balaban J connectivity index is 3.11. The summed E-state index contributed by atoms with van der Waals surface area (Å²) >= 11 is 0. The van der Waals surface area contributed by atoms with Crippen LogP contribution >= 0.6 is 0 Å². The van der Waals surface area contributed by atoms with Crippen LogP contribution < -0.4 is 5.73 Å². The zero-order valence-corrected chi connectivity index (χ0v) is 16.6. The zero-order chi connectivity index (χ0) is 21.2. The summed E-state index contributed by atoms with van der Waals surface area (Å²) < 4.78 is 10.5. The van der Waals surface area contributed by atoms with Gasteiger partial charge in [-0.05, 0) is 41.5 Å². The number of carboxylic acids is 1. The minimum absolute atomic E-state index is 0.139. The predicted octanol–water partition coefficient (Wildman–Crippen LogP) is 1.17. The predicted molar refractivity (Wildman–Crippen MR) is 94.9 cm³/mol. The van der Waals surface area contributed by atoms with Crippen molar-refractivity contribution in [2.24, 2.45) is 5.73 Å². The van der Waals surface area contributed by atoms with E-state index >= 15 is 0 Å². The number of rotatable bonds is 3. The number of likely N-dealkylation sites (tertiary alicyclic amines) is 1. The summed E-state index contributed by atoms with van der Waals surface area (Å²) in [7, 11) is 0. The highest BCUT2D eigenvalue weighted by Gasteiger charge is 2.46. The van der Waals surface area contributed by atoms with Gasteiger partial charge in [-0.15, -0.1) is 0 Å². The SMILES string of the molecule is CC(C)(C)OC(=O)N1C[C@@H](N(C(=O)CN)C(=O)OC(C)(C)C)C[C@H]1C(=O)O. The topological polar surface area (TPSA) is 139 Å². The lowest BCUT2D eigenvalue weighted by Gasteiger charge is -2.30. The summed E-state index contributed by atoms with van der Waals surface area (Å²) in [5.41, 5.74) is 3.71. The van der Waals surface area contributed by atoms with Crippen LogP contribution in [-0.4, -0.2) is 75.3 Å². The number of carbonyl (C=O) groups excluding carboxylic acids is 3. The van der Waals surface area contributed by atoms with Crippen LogP contribution in [0.4, 0.5) is 9.59 Å². The maximum Gasteiger partial charge on any atom is 0.417 e. The molecule has 0 radical (unpaired) electrons. The number of amides is 3. The zero-order valence-electron chi connectivity index (χ0n) is 16.6. The summed E-state index contributed by atoms with van der Waals surface area (Å²) in [6, 6.07) is -2.12. The molecule has 27 heavy (non-hydrogen) atoms. The van der Waals surface area contributed by atoms with Crippen LogP contribution in [0.3, 0.4) is 0 Å². The van der Waals surface area contributed by atoms with Gasteiger partial charge in [0.25, 0.3) is 0 Å². The summed E-state index contributed by atoms with van der Waals surface area (Å²) in [5, 5.41) is 9.46. The highest BCUT2D eigenvalue weighted by molar-refractivity contribution is 5.94. The first-order valence-electron chi connectivity index (χ1n) is 8.64. The standard InChI is InChI=1S/C17H29N3O7/c1-16(2,3)26-14(24)19-9-10(7-11(19)13(22)23)20(12(21)8-18)15(25)27-17(4,5)6/h10-11H,7-9,18H2,1-6H3,(H,22,23)/t10-,11-/m0/s1. The van der Waals surface area contributed by atoms with E-state index in [4.69, 9.17) is 15.2 Å². The monoisotopic (exact) mass is 387 g/mol. The van der Waals surface area contributed by atoms with E-state index in [1.54, 1.807) is 41.5 Å². The van der Waals surface area contributed by atoms with Crippen molar-refractivity contribution >= 4 is 24.1 Å². The van der Waals surface area contributed by atoms with Gasteiger partial charge in [-0.25, -0.2) is 19.3 Å². The van der Waals surface area contributed by atoms with E-state index in [2.05, 4.69) is 0 Å². The first kappa shape index (κ1) is 22.7. The maximum atomic E-state index is 12.5. The van der Waals surface area contributed by atoms with Crippen molar-refractivity contribution in [1.29, 1.82) is 0 Å². The highest BCUT2D eigenvalue weighted by Crippen LogP contribution is 2.26. The molecule has 0 aromatic carbocycles. The average molecular weight is 387 g/mol. The second kappa shape index (κ2) is 8.12. The molecular formula is C17H29N3O7. The molecule has 2 atom stereocenters. The van der Waals surface area contributed by atoms with Gasteiger partial charge in [0.05, 0.1) is 12.6 Å². The fourth-order valence-corrected chi connectivity index (χ4v) is 2.62. The van der Waals surface area contributed by atoms with Crippen LogP contribution in [0.1, 0.15) is 48.0 Å². The van der Waals surface area contributed by atoms with Crippen LogP contribution in [0.25, 0.3) is 0 Å². The number of carboxylic acid groups (broad SMARTS) is 1. The van der Waals surface area contributed by atoms with Crippen molar-refractivity contribution in [2.75, 3.05) is 13.1 Å². The Hall–Kier alpha value is -2.36. The molecule has 1 saturated heterocycles. The molecule has 1 heterocycles. The number of nitrogens with two attached hydrogens (primary N) is 1. The average Bonchev–Trinajstić information content (AvgIpc) is 2.88. The molecule has 0 saturated carbocycles. The Labute approximate surface area is 158 Å². The molecule has 0 aromatic heterocycles. The van der Waals surface area contributed by atoms with E-state index in [0.29, 0.717) is 0 Å². The van der Waals surface area contributed by atoms with E-state index in [0.717, 1.165) is 9.80 Å². The Morgan fingerprint density at radius 1 is 1.07 bits per heavy atom. The van der Waals surface area contributed by atoms with E-state index in [1.165, 1.54) is 0 Å². The molecule has 10 heteroatoms. The van der Waals surface area contributed by atoms with E-state index in [1.807, 2.05) is 0 Å². The van der Waals surface area contributed by atoms with Crippen LogP contribution in [0.5, 0.6) is 0 Å². The molecule has 0 bridgehead atoms. The second-order valence-electron chi connectivity index (χ2n) is 8.32. The van der Waals surface area contributed by atoms with Gasteiger partial charge in [0.1, 0.15) is 17.2 Å². The van der Waals surface area contributed by atoms with Gasteiger partial charge in [0.15, 0.2) is 0 Å². The van der Waals surface area contributed by atoms with Crippen molar-refractivity contribution in [1.82, 2.24) is 9.80 Å². The lowest BCUT2D eigenvalue weighted by molar-refractivity contribution is -0.142.